The van der Waals surface area contributed by atoms with Crippen LogP contribution in [-0.4, -0.2) is 43.5 Å². The Hall–Kier alpha value is 0.230. The maximum absolute atomic E-state index is 5.62. The number of nitrogens with one attached hydrogen (secondary N) is 2. The van der Waals surface area contributed by atoms with Crippen molar-refractivity contribution in [3.63, 3.8) is 0 Å². The van der Waals surface area contributed by atoms with E-state index < -0.39 is 0 Å². The van der Waals surface area contributed by atoms with E-state index in [2.05, 4.69) is 10.6 Å². The largest absolute Gasteiger partial charge is 0.373 e. The fourth-order valence-electron chi connectivity index (χ4n) is 1.46. The van der Waals surface area contributed by atoms with Crippen LogP contribution in [0.5, 0.6) is 0 Å². The number of rotatable bonds is 1. The van der Waals surface area contributed by atoms with Gasteiger partial charge in [0.05, 0.1) is 18.1 Å². The molecule has 0 amide bonds. The van der Waals surface area contributed by atoms with E-state index in [1.807, 2.05) is 11.8 Å². The fourth-order valence-corrected chi connectivity index (χ4v) is 2.58. The first kappa shape index (κ1) is 7.86. The van der Waals surface area contributed by atoms with Gasteiger partial charge in [0.25, 0.3) is 0 Å². The minimum absolute atomic E-state index is 0.385. The highest BCUT2D eigenvalue weighted by Crippen LogP contribution is 2.19. The summed E-state index contributed by atoms with van der Waals surface area (Å²) in [5.74, 6) is 1.23. The highest BCUT2D eigenvalue weighted by Gasteiger charge is 2.26. The standard InChI is InChI=1S/C7H14N2OS/c1-3-10-6(5-8-1)7-9-2-4-11-7/h6-9H,1-5H2. The molecule has 2 rings (SSSR count). The summed E-state index contributed by atoms with van der Waals surface area (Å²) in [6, 6.07) is 0. The van der Waals surface area contributed by atoms with Gasteiger partial charge in [0, 0.05) is 25.4 Å². The molecule has 0 aromatic heterocycles. The molecule has 2 aliphatic rings. The van der Waals surface area contributed by atoms with Crippen molar-refractivity contribution < 1.29 is 4.74 Å². The predicted octanol–water partition coefficient (Wildman–Crippen LogP) is -0.363. The second kappa shape index (κ2) is 3.76. The van der Waals surface area contributed by atoms with Crippen LogP contribution in [0.25, 0.3) is 0 Å². The van der Waals surface area contributed by atoms with Crippen molar-refractivity contribution in [2.45, 2.75) is 11.5 Å². The molecule has 0 radical (unpaired) electrons. The predicted molar refractivity (Wildman–Crippen MR) is 46.9 cm³/mol. The van der Waals surface area contributed by atoms with E-state index in [4.69, 9.17) is 4.74 Å². The summed E-state index contributed by atoms with van der Waals surface area (Å²) in [6.07, 6.45) is 0.385. The molecule has 0 aliphatic carbocycles. The van der Waals surface area contributed by atoms with Crippen LogP contribution in [0.4, 0.5) is 0 Å². The number of ether oxygens (including phenoxy) is 1. The molecule has 0 bridgehead atoms. The molecule has 0 aromatic carbocycles. The first-order chi connectivity index (χ1) is 5.47. The van der Waals surface area contributed by atoms with Gasteiger partial charge in [-0.25, -0.2) is 0 Å². The van der Waals surface area contributed by atoms with Gasteiger partial charge in [-0.3, -0.25) is 0 Å². The molecule has 4 heteroatoms. The van der Waals surface area contributed by atoms with Crippen LogP contribution >= 0.6 is 11.8 Å². The average molecular weight is 174 g/mol. The topological polar surface area (TPSA) is 33.3 Å². The molecule has 2 aliphatic heterocycles. The van der Waals surface area contributed by atoms with Gasteiger partial charge in [0.15, 0.2) is 0 Å². The lowest BCUT2D eigenvalue weighted by atomic mass is 10.3. The smallest absolute Gasteiger partial charge is 0.0946 e. The van der Waals surface area contributed by atoms with Gasteiger partial charge in [-0.1, -0.05) is 0 Å². The monoisotopic (exact) mass is 174 g/mol. The Morgan fingerprint density at radius 3 is 3.00 bits per heavy atom. The molecule has 2 atom stereocenters. The van der Waals surface area contributed by atoms with E-state index in [0.717, 1.165) is 26.2 Å². The number of hydrogen-bond acceptors (Lipinski definition) is 4. The second-order valence-electron chi connectivity index (χ2n) is 2.86. The molecule has 0 spiro atoms. The minimum Gasteiger partial charge on any atom is -0.373 e. The van der Waals surface area contributed by atoms with E-state index in [0.29, 0.717) is 11.5 Å². The Bertz CT molecular complexity index is 122. The molecule has 2 heterocycles. The Labute approximate surface area is 71.3 Å². The van der Waals surface area contributed by atoms with Gasteiger partial charge in [-0.2, -0.15) is 0 Å². The summed E-state index contributed by atoms with van der Waals surface area (Å²) in [5, 5.41) is 7.29. The Morgan fingerprint density at radius 2 is 2.36 bits per heavy atom. The number of hydrogen-bond donors (Lipinski definition) is 2. The molecule has 64 valence electrons. The molecular formula is C7H14N2OS. The third-order valence-corrected chi connectivity index (χ3v) is 3.31. The third-order valence-electron chi connectivity index (χ3n) is 2.04. The summed E-state index contributed by atoms with van der Waals surface area (Å²) >= 11 is 1.97. The second-order valence-corrected chi connectivity index (χ2v) is 4.11. The summed E-state index contributed by atoms with van der Waals surface area (Å²) in [7, 11) is 0. The van der Waals surface area contributed by atoms with Gasteiger partial charge < -0.3 is 15.4 Å². The van der Waals surface area contributed by atoms with E-state index in [1.165, 1.54) is 5.75 Å². The molecule has 0 saturated carbocycles. The maximum Gasteiger partial charge on any atom is 0.0946 e. The zero-order chi connectivity index (χ0) is 7.52. The Balaban J connectivity index is 1.82. The summed E-state index contributed by atoms with van der Waals surface area (Å²) in [5.41, 5.74) is 0. The van der Waals surface area contributed by atoms with Gasteiger partial charge >= 0.3 is 0 Å². The van der Waals surface area contributed by atoms with Gasteiger partial charge in [0.2, 0.25) is 0 Å². The molecule has 2 unspecified atom stereocenters. The molecule has 2 N–H and O–H groups in total. The summed E-state index contributed by atoms with van der Waals surface area (Å²) in [4.78, 5) is 0. The average Bonchev–Trinajstić information content (AvgIpc) is 2.58. The van der Waals surface area contributed by atoms with Crippen molar-refractivity contribution >= 4 is 11.8 Å². The zero-order valence-corrected chi connectivity index (χ0v) is 7.32. The van der Waals surface area contributed by atoms with Gasteiger partial charge in [-0.05, 0) is 0 Å². The lowest BCUT2D eigenvalue weighted by Gasteiger charge is -2.27. The lowest BCUT2D eigenvalue weighted by molar-refractivity contribution is 0.0238. The van der Waals surface area contributed by atoms with E-state index >= 15 is 0 Å². The van der Waals surface area contributed by atoms with Crippen LogP contribution in [-0.2, 0) is 4.74 Å². The number of thioether (sulfide) groups is 1. The van der Waals surface area contributed by atoms with Crippen LogP contribution in [0.15, 0.2) is 0 Å². The van der Waals surface area contributed by atoms with Crippen molar-refractivity contribution in [1.29, 1.82) is 0 Å². The Kier molecular flexibility index (Phi) is 2.68. The first-order valence-corrected chi connectivity index (χ1v) is 5.19. The molecule has 3 nitrogen and oxygen atoms in total. The first-order valence-electron chi connectivity index (χ1n) is 4.14. The SMILES string of the molecule is C1COC(C2NCCS2)CN1. The van der Waals surface area contributed by atoms with Crippen molar-refractivity contribution in [3.05, 3.63) is 0 Å². The molecule has 11 heavy (non-hydrogen) atoms. The van der Waals surface area contributed by atoms with Crippen LogP contribution in [0.1, 0.15) is 0 Å². The quantitative estimate of drug-likeness (QED) is 0.568. The Morgan fingerprint density at radius 1 is 1.36 bits per heavy atom. The van der Waals surface area contributed by atoms with Gasteiger partial charge in [0.1, 0.15) is 0 Å². The molecule has 2 saturated heterocycles. The van der Waals surface area contributed by atoms with Crippen molar-refractivity contribution in [3.8, 4) is 0 Å². The van der Waals surface area contributed by atoms with Crippen molar-refractivity contribution in [1.82, 2.24) is 10.6 Å². The summed E-state index contributed by atoms with van der Waals surface area (Å²) in [6.45, 7) is 4.01. The highest BCUT2D eigenvalue weighted by atomic mass is 32.2. The van der Waals surface area contributed by atoms with Crippen LogP contribution in [0.3, 0.4) is 0 Å². The normalized spacial score (nSPS) is 39.3. The molecular weight excluding hydrogens is 160 g/mol. The molecule has 2 fully saturated rings. The lowest BCUT2D eigenvalue weighted by Crippen LogP contribution is -2.47. The van der Waals surface area contributed by atoms with Crippen LogP contribution in [0, 0.1) is 0 Å². The number of morpholine rings is 1. The van der Waals surface area contributed by atoms with Crippen LogP contribution in [0.2, 0.25) is 0 Å². The minimum atomic E-state index is 0.385. The third kappa shape index (κ3) is 1.87. The van der Waals surface area contributed by atoms with Gasteiger partial charge in [-0.15, -0.1) is 11.8 Å². The zero-order valence-electron chi connectivity index (χ0n) is 6.51. The summed E-state index contributed by atoms with van der Waals surface area (Å²) < 4.78 is 5.62. The van der Waals surface area contributed by atoms with E-state index in [9.17, 15) is 0 Å². The fraction of sp³-hybridized carbons (Fsp3) is 1.00. The highest BCUT2D eigenvalue weighted by molar-refractivity contribution is 8.00. The van der Waals surface area contributed by atoms with Crippen molar-refractivity contribution in [2.75, 3.05) is 32.0 Å². The van der Waals surface area contributed by atoms with E-state index in [1.54, 1.807) is 0 Å². The molecule has 0 aromatic rings. The maximum atomic E-state index is 5.62. The van der Waals surface area contributed by atoms with Crippen LogP contribution < -0.4 is 10.6 Å². The van der Waals surface area contributed by atoms with Crippen molar-refractivity contribution in [2.24, 2.45) is 0 Å². The van der Waals surface area contributed by atoms with E-state index in [-0.39, 0.29) is 0 Å².